The van der Waals surface area contributed by atoms with E-state index in [1.165, 1.54) is 13.0 Å². The second kappa shape index (κ2) is 6.32. The quantitative estimate of drug-likeness (QED) is 0.839. The van der Waals surface area contributed by atoms with Crippen molar-refractivity contribution in [2.24, 2.45) is 5.92 Å². The molecule has 0 heterocycles. The fourth-order valence-corrected chi connectivity index (χ4v) is 4.22. The Morgan fingerprint density at radius 2 is 2.10 bits per heavy atom. The molecule has 2 atom stereocenters. The predicted octanol–water partition coefficient (Wildman–Crippen LogP) is 2.96. The number of benzene rings is 1. The summed E-state index contributed by atoms with van der Waals surface area (Å²) < 4.78 is 41.1. The molecular formula is C15H23FN2O2S. The predicted molar refractivity (Wildman–Crippen MR) is 81.9 cm³/mol. The standard InChI is InChI=1S/C15H23FN2O2S/c1-3-11-5-4-6-12(7-11)18-21(19,20)13-8-14(16)10(2)15(17)9-13/h8-9,11-12,18H,3-7,17H2,1-2H3. The minimum atomic E-state index is -3.72. The molecule has 6 heteroatoms. The van der Waals surface area contributed by atoms with Crippen molar-refractivity contribution in [2.75, 3.05) is 5.73 Å². The van der Waals surface area contributed by atoms with Gasteiger partial charge in [-0.25, -0.2) is 17.5 Å². The summed E-state index contributed by atoms with van der Waals surface area (Å²) in [7, 11) is -3.72. The summed E-state index contributed by atoms with van der Waals surface area (Å²) in [5.41, 5.74) is 6.10. The van der Waals surface area contributed by atoms with Crippen LogP contribution in [-0.4, -0.2) is 14.5 Å². The van der Waals surface area contributed by atoms with Crippen LogP contribution in [0, 0.1) is 18.7 Å². The van der Waals surface area contributed by atoms with E-state index < -0.39 is 15.8 Å². The van der Waals surface area contributed by atoms with Crippen LogP contribution in [0.2, 0.25) is 0 Å². The van der Waals surface area contributed by atoms with Crippen molar-refractivity contribution in [1.82, 2.24) is 4.72 Å². The molecule has 1 aliphatic rings. The lowest BCUT2D eigenvalue weighted by Gasteiger charge is -2.28. The highest BCUT2D eigenvalue weighted by Crippen LogP contribution is 2.28. The van der Waals surface area contributed by atoms with Crippen LogP contribution in [0.4, 0.5) is 10.1 Å². The topological polar surface area (TPSA) is 72.2 Å². The van der Waals surface area contributed by atoms with Crippen LogP contribution >= 0.6 is 0 Å². The zero-order chi connectivity index (χ0) is 15.6. The molecule has 1 aromatic carbocycles. The fourth-order valence-electron chi connectivity index (χ4n) is 2.89. The Kier molecular flexibility index (Phi) is 4.88. The molecule has 0 radical (unpaired) electrons. The van der Waals surface area contributed by atoms with Gasteiger partial charge in [0.2, 0.25) is 10.0 Å². The third kappa shape index (κ3) is 3.74. The molecule has 1 aliphatic carbocycles. The number of anilines is 1. The van der Waals surface area contributed by atoms with Gasteiger partial charge < -0.3 is 5.73 Å². The molecule has 118 valence electrons. The van der Waals surface area contributed by atoms with Crippen LogP contribution in [0.1, 0.15) is 44.6 Å². The number of nitrogen functional groups attached to an aromatic ring is 1. The van der Waals surface area contributed by atoms with Crippen molar-refractivity contribution in [3.8, 4) is 0 Å². The van der Waals surface area contributed by atoms with Crippen LogP contribution in [0.25, 0.3) is 0 Å². The van der Waals surface area contributed by atoms with Gasteiger partial charge in [0.25, 0.3) is 0 Å². The molecule has 21 heavy (non-hydrogen) atoms. The summed E-state index contributed by atoms with van der Waals surface area (Å²) in [6.45, 7) is 3.65. The summed E-state index contributed by atoms with van der Waals surface area (Å²) in [4.78, 5) is -0.0956. The maximum Gasteiger partial charge on any atom is 0.240 e. The van der Waals surface area contributed by atoms with E-state index in [9.17, 15) is 12.8 Å². The van der Waals surface area contributed by atoms with Crippen molar-refractivity contribution in [3.05, 3.63) is 23.5 Å². The van der Waals surface area contributed by atoms with Gasteiger partial charge in [0.15, 0.2) is 0 Å². The molecule has 0 aliphatic heterocycles. The molecule has 0 aromatic heterocycles. The zero-order valence-corrected chi connectivity index (χ0v) is 13.3. The first-order valence-corrected chi connectivity index (χ1v) is 8.89. The molecule has 0 saturated heterocycles. The highest BCUT2D eigenvalue weighted by Gasteiger charge is 2.26. The van der Waals surface area contributed by atoms with E-state index in [4.69, 9.17) is 5.73 Å². The van der Waals surface area contributed by atoms with E-state index in [2.05, 4.69) is 11.6 Å². The van der Waals surface area contributed by atoms with Gasteiger partial charge in [-0.3, -0.25) is 0 Å². The second-order valence-electron chi connectivity index (χ2n) is 5.88. The summed E-state index contributed by atoms with van der Waals surface area (Å²) in [6.07, 6.45) is 4.92. The molecule has 0 bridgehead atoms. The van der Waals surface area contributed by atoms with Crippen molar-refractivity contribution in [2.45, 2.75) is 56.9 Å². The number of nitrogens with two attached hydrogens (primary N) is 1. The lowest BCUT2D eigenvalue weighted by Crippen LogP contribution is -2.38. The Labute approximate surface area is 126 Å². The van der Waals surface area contributed by atoms with Crippen molar-refractivity contribution < 1.29 is 12.8 Å². The van der Waals surface area contributed by atoms with Gasteiger partial charge in [-0.15, -0.1) is 0 Å². The average molecular weight is 314 g/mol. The van der Waals surface area contributed by atoms with E-state index in [0.717, 1.165) is 38.2 Å². The fraction of sp³-hybridized carbons (Fsp3) is 0.600. The van der Waals surface area contributed by atoms with Gasteiger partial charge in [0.1, 0.15) is 5.82 Å². The van der Waals surface area contributed by atoms with Gasteiger partial charge in [0.05, 0.1) is 4.90 Å². The molecule has 1 saturated carbocycles. The number of hydrogen-bond donors (Lipinski definition) is 2. The lowest BCUT2D eigenvalue weighted by atomic mass is 9.85. The highest BCUT2D eigenvalue weighted by atomic mass is 32.2. The molecule has 3 N–H and O–H groups in total. The first kappa shape index (κ1) is 16.2. The Morgan fingerprint density at radius 3 is 2.71 bits per heavy atom. The number of halogens is 1. The molecule has 2 unspecified atom stereocenters. The van der Waals surface area contributed by atoms with Crippen molar-refractivity contribution in [3.63, 3.8) is 0 Å². The van der Waals surface area contributed by atoms with E-state index in [-0.39, 0.29) is 22.2 Å². The van der Waals surface area contributed by atoms with Crippen molar-refractivity contribution in [1.29, 1.82) is 0 Å². The third-order valence-corrected chi connectivity index (χ3v) is 5.85. The van der Waals surface area contributed by atoms with Gasteiger partial charge in [-0.1, -0.05) is 26.2 Å². The summed E-state index contributed by atoms with van der Waals surface area (Å²) in [6, 6.07) is 2.29. The number of sulfonamides is 1. The summed E-state index contributed by atoms with van der Waals surface area (Å²) in [5, 5.41) is 0. The second-order valence-corrected chi connectivity index (χ2v) is 7.59. The van der Waals surface area contributed by atoms with Crippen LogP contribution < -0.4 is 10.5 Å². The smallest absolute Gasteiger partial charge is 0.240 e. The van der Waals surface area contributed by atoms with E-state index >= 15 is 0 Å². The molecule has 0 amide bonds. The maximum atomic E-state index is 13.7. The van der Waals surface area contributed by atoms with Crippen LogP contribution in [0.3, 0.4) is 0 Å². The minimum Gasteiger partial charge on any atom is -0.398 e. The van der Waals surface area contributed by atoms with Gasteiger partial charge in [-0.2, -0.15) is 0 Å². The van der Waals surface area contributed by atoms with E-state index in [0.29, 0.717) is 5.92 Å². The molecule has 4 nitrogen and oxygen atoms in total. The van der Waals surface area contributed by atoms with Gasteiger partial charge in [-0.05, 0) is 37.8 Å². The first-order valence-electron chi connectivity index (χ1n) is 7.41. The van der Waals surface area contributed by atoms with Gasteiger partial charge in [0, 0.05) is 17.3 Å². The zero-order valence-electron chi connectivity index (χ0n) is 12.5. The maximum absolute atomic E-state index is 13.7. The van der Waals surface area contributed by atoms with Crippen molar-refractivity contribution >= 4 is 15.7 Å². The van der Waals surface area contributed by atoms with Gasteiger partial charge >= 0.3 is 0 Å². The molecule has 1 aromatic rings. The SMILES string of the molecule is CCC1CCCC(NS(=O)(=O)c2cc(N)c(C)c(F)c2)C1. The molecule has 1 fully saturated rings. The molecule has 2 rings (SSSR count). The average Bonchev–Trinajstić information content (AvgIpc) is 2.44. The largest absolute Gasteiger partial charge is 0.398 e. The highest BCUT2D eigenvalue weighted by molar-refractivity contribution is 7.89. The van der Waals surface area contributed by atoms with Crippen LogP contribution in [-0.2, 0) is 10.0 Å². The number of nitrogens with one attached hydrogen (secondary N) is 1. The first-order chi connectivity index (χ1) is 9.83. The van der Waals surface area contributed by atoms with Crippen LogP contribution in [0.15, 0.2) is 17.0 Å². The molecular weight excluding hydrogens is 291 g/mol. The minimum absolute atomic E-state index is 0.0701. The number of rotatable bonds is 4. The Hall–Kier alpha value is -1.14. The van der Waals surface area contributed by atoms with E-state index in [1.54, 1.807) is 0 Å². The lowest BCUT2D eigenvalue weighted by molar-refractivity contribution is 0.301. The third-order valence-electron chi connectivity index (χ3n) is 4.35. The Morgan fingerprint density at radius 1 is 1.38 bits per heavy atom. The Bertz CT molecular complexity index is 593. The summed E-state index contributed by atoms with van der Waals surface area (Å²) >= 11 is 0. The number of hydrogen-bond acceptors (Lipinski definition) is 3. The molecule has 0 spiro atoms. The summed E-state index contributed by atoms with van der Waals surface area (Å²) in [5.74, 6) is -0.0308. The van der Waals surface area contributed by atoms with Crippen LogP contribution in [0.5, 0.6) is 0 Å². The monoisotopic (exact) mass is 314 g/mol. The normalized spacial score (nSPS) is 23.2. The van der Waals surface area contributed by atoms with E-state index in [1.807, 2.05) is 0 Å². The Balaban J connectivity index is 2.18.